The van der Waals surface area contributed by atoms with E-state index in [9.17, 15) is 4.79 Å². The normalized spacial score (nSPS) is 11.2. The van der Waals surface area contributed by atoms with Crippen LogP contribution in [0.3, 0.4) is 0 Å². The monoisotopic (exact) mass is 380 g/mol. The average molecular weight is 380 g/mol. The molecule has 0 fully saturated rings. The Hall–Kier alpha value is -4.00. The van der Waals surface area contributed by atoms with Gasteiger partial charge >= 0.3 is 0 Å². The number of aryl methyl sites for hydroxylation is 1. The van der Waals surface area contributed by atoms with Crippen LogP contribution in [0.5, 0.6) is 0 Å². The lowest BCUT2D eigenvalue weighted by atomic mass is 10.0. The number of nitrogens with zero attached hydrogens (tertiary/aromatic N) is 6. The van der Waals surface area contributed by atoms with Gasteiger partial charge in [0.25, 0.3) is 0 Å². The molecule has 29 heavy (non-hydrogen) atoms. The molecule has 0 radical (unpaired) electrons. The molecule has 0 aliphatic rings. The lowest BCUT2D eigenvalue weighted by molar-refractivity contribution is 0.0992. The lowest BCUT2D eigenvalue weighted by Gasteiger charge is -2.05. The van der Waals surface area contributed by atoms with E-state index in [1.54, 1.807) is 29.2 Å². The average Bonchev–Trinajstić information content (AvgIpc) is 3.19. The molecule has 0 bridgehead atoms. The molecule has 3 aromatic heterocycles. The number of carbonyl (C=O) groups excluding carboxylic acids is 1. The zero-order valence-corrected chi connectivity index (χ0v) is 15.6. The second-order valence-electron chi connectivity index (χ2n) is 6.87. The third kappa shape index (κ3) is 3.34. The first-order valence-corrected chi connectivity index (χ1v) is 9.15. The molecule has 3 heterocycles. The highest BCUT2D eigenvalue weighted by Crippen LogP contribution is 2.23. The van der Waals surface area contributed by atoms with Crippen molar-refractivity contribution in [3.8, 4) is 11.1 Å². The van der Waals surface area contributed by atoms with Crippen molar-refractivity contribution >= 4 is 27.7 Å². The number of hydrogen-bond donors (Lipinski definition) is 0. The number of aromatic nitrogens is 6. The highest BCUT2D eigenvalue weighted by Gasteiger charge is 2.11. The van der Waals surface area contributed by atoms with Crippen molar-refractivity contribution in [2.24, 2.45) is 7.05 Å². The summed E-state index contributed by atoms with van der Waals surface area (Å²) in [6, 6.07) is 13.2. The molecule has 140 valence electrons. The fraction of sp³-hybridized carbons (Fsp3) is 0.0909. The van der Waals surface area contributed by atoms with Crippen LogP contribution < -0.4 is 0 Å². The Kier molecular flexibility index (Phi) is 4.05. The number of fused-ring (bicyclic) bond motifs is 2. The number of benzene rings is 2. The number of Topliss-reactive ketones (excluding diaryl/α,β-unsaturated/α-hetero) is 1. The van der Waals surface area contributed by atoms with Crippen LogP contribution in [0, 0.1) is 0 Å². The first-order chi connectivity index (χ1) is 14.2. The van der Waals surface area contributed by atoms with Gasteiger partial charge in [0.1, 0.15) is 0 Å². The molecule has 7 heteroatoms. The highest BCUT2D eigenvalue weighted by atomic mass is 16.1. The quantitative estimate of drug-likeness (QED) is 0.444. The summed E-state index contributed by atoms with van der Waals surface area (Å²) in [7, 11) is 1.89. The van der Waals surface area contributed by atoms with Gasteiger partial charge in [-0.25, -0.2) is 0 Å². The van der Waals surface area contributed by atoms with E-state index >= 15 is 0 Å². The Bertz CT molecular complexity index is 1370. The van der Waals surface area contributed by atoms with Crippen molar-refractivity contribution in [2.45, 2.75) is 6.42 Å². The van der Waals surface area contributed by atoms with Gasteiger partial charge in [0, 0.05) is 42.2 Å². The van der Waals surface area contributed by atoms with Crippen LogP contribution in [0.25, 0.3) is 33.1 Å². The second-order valence-corrected chi connectivity index (χ2v) is 6.87. The minimum atomic E-state index is -0.0328. The molecule has 0 spiro atoms. The zero-order valence-electron chi connectivity index (χ0n) is 15.6. The van der Waals surface area contributed by atoms with E-state index in [1.165, 1.54) is 0 Å². The zero-order chi connectivity index (χ0) is 19.8. The van der Waals surface area contributed by atoms with Crippen LogP contribution in [0.1, 0.15) is 16.1 Å². The SMILES string of the molecule is Cn1cc(-c2ccc3nnc(CC(=O)c4ccc5nccnc5c4)cc3c2)cn1. The summed E-state index contributed by atoms with van der Waals surface area (Å²) < 4.78 is 1.77. The number of ketones is 1. The maximum atomic E-state index is 12.8. The maximum Gasteiger partial charge on any atom is 0.168 e. The van der Waals surface area contributed by atoms with Gasteiger partial charge < -0.3 is 0 Å². The minimum absolute atomic E-state index is 0.0328. The molecule has 0 amide bonds. The number of hydrogen-bond acceptors (Lipinski definition) is 6. The smallest absolute Gasteiger partial charge is 0.168 e. The molecule has 7 nitrogen and oxygen atoms in total. The van der Waals surface area contributed by atoms with E-state index in [0.717, 1.165) is 27.5 Å². The molecule has 2 aromatic carbocycles. The fourth-order valence-electron chi connectivity index (χ4n) is 3.33. The predicted molar refractivity (Wildman–Crippen MR) is 109 cm³/mol. The molecular formula is C22H16N6O. The Balaban J connectivity index is 1.45. The summed E-state index contributed by atoms with van der Waals surface area (Å²) in [5.41, 5.74) is 5.54. The molecule has 0 aliphatic heterocycles. The first kappa shape index (κ1) is 17.1. The summed E-state index contributed by atoms with van der Waals surface area (Å²) in [4.78, 5) is 21.3. The highest BCUT2D eigenvalue weighted by molar-refractivity contribution is 6.00. The second kappa shape index (κ2) is 6.87. The Morgan fingerprint density at radius 2 is 1.72 bits per heavy atom. The van der Waals surface area contributed by atoms with Crippen LogP contribution in [0.15, 0.2) is 67.3 Å². The summed E-state index contributed by atoms with van der Waals surface area (Å²) in [5, 5.41) is 13.7. The van der Waals surface area contributed by atoms with E-state index in [2.05, 4.69) is 25.3 Å². The largest absolute Gasteiger partial charge is 0.294 e. The molecular weight excluding hydrogens is 364 g/mol. The van der Waals surface area contributed by atoms with E-state index in [1.807, 2.05) is 49.8 Å². The van der Waals surface area contributed by atoms with Crippen molar-refractivity contribution in [3.05, 3.63) is 78.5 Å². The molecule has 5 rings (SSSR count). The van der Waals surface area contributed by atoms with E-state index in [-0.39, 0.29) is 12.2 Å². The minimum Gasteiger partial charge on any atom is -0.294 e. The predicted octanol–water partition coefficient (Wildman–Crippen LogP) is 3.40. The van der Waals surface area contributed by atoms with Crippen molar-refractivity contribution < 1.29 is 4.79 Å². The van der Waals surface area contributed by atoms with Gasteiger partial charge in [-0.15, -0.1) is 0 Å². The first-order valence-electron chi connectivity index (χ1n) is 9.15. The van der Waals surface area contributed by atoms with Crippen LogP contribution in [0.2, 0.25) is 0 Å². The van der Waals surface area contributed by atoms with Crippen molar-refractivity contribution in [1.82, 2.24) is 29.9 Å². The standard InChI is InChI=1S/C22H16N6O/c1-28-13-17(12-25-28)14-2-4-19-16(8-14)9-18(26-27-19)11-22(29)15-3-5-20-21(10-15)24-7-6-23-20/h2-10,12-13H,11H2,1H3. The third-order valence-electron chi connectivity index (χ3n) is 4.81. The Labute approximate surface area is 166 Å². The van der Waals surface area contributed by atoms with Crippen molar-refractivity contribution in [1.29, 1.82) is 0 Å². The third-order valence-corrected chi connectivity index (χ3v) is 4.81. The van der Waals surface area contributed by atoms with Crippen LogP contribution in [-0.2, 0) is 13.5 Å². The van der Waals surface area contributed by atoms with Gasteiger partial charge in [-0.05, 0) is 42.0 Å². The van der Waals surface area contributed by atoms with Crippen LogP contribution >= 0.6 is 0 Å². The molecule has 0 atom stereocenters. The van der Waals surface area contributed by atoms with E-state index in [0.29, 0.717) is 16.8 Å². The van der Waals surface area contributed by atoms with Crippen molar-refractivity contribution in [2.75, 3.05) is 0 Å². The van der Waals surface area contributed by atoms with Crippen LogP contribution in [0.4, 0.5) is 0 Å². The van der Waals surface area contributed by atoms with Gasteiger partial charge in [-0.1, -0.05) is 6.07 Å². The Morgan fingerprint density at radius 3 is 2.55 bits per heavy atom. The van der Waals surface area contributed by atoms with Gasteiger partial charge in [-0.2, -0.15) is 15.3 Å². The lowest BCUT2D eigenvalue weighted by Crippen LogP contribution is -2.06. The molecule has 0 N–H and O–H groups in total. The summed E-state index contributed by atoms with van der Waals surface area (Å²) >= 11 is 0. The summed E-state index contributed by atoms with van der Waals surface area (Å²) in [6.45, 7) is 0. The maximum absolute atomic E-state index is 12.8. The molecule has 0 saturated heterocycles. The van der Waals surface area contributed by atoms with E-state index < -0.39 is 0 Å². The van der Waals surface area contributed by atoms with Gasteiger partial charge in [0.05, 0.1) is 34.9 Å². The molecule has 0 aliphatic carbocycles. The van der Waals surface area contributed by atoms with Crippen molar-refractivity contribution in [3.63, 3.8) is 0 Å². The summed E-state index contributed by atoms with van der Waals surface area (Å²) in [5.74, 6) is -0.0328. The van der Waals surface area contributed by atoms with Crippen LogP contribution in [-0.4, -0.2) is 35.7 Å². The fourth-order valence-corrected chi connectivity index (χ4v) is 3.33. The summed E-state index contributed by atoms with van der Waals surface area (Å²) in [6.07, 6.45) is 7.21. The van der Waals surface area contributed by atoms with Gasteiger partial charge in [0.15, 0.2) is 5.78 Å². The number of rotatable bonds is 4. The molecule has 5 aromatic rings. The van der Waals surface area contributed by atoms with E-state index in [4.69, 9.17) is 0 Å². The van der Waals surface area contributed by atoms with Gasteiger partial charge in [0.2, 0.25) is 0 Å². The number of carbonyl (C=O) groups is 1. The molecule has 0 unspecified atom stereocenters. The molecule has 0 saturated carbocycles. The van der Waals surface area contributed by atoms with Gasteiger partial charge in [-0.3, -0.25) is 19.4 Å². The Morgan fingerprint density at radius 1 is 0.897 bits per heavy atom. The topological polar surface area (TPSA) is 86.5 Å².